The first-order chi connectivity index (χ1) is 14.8. The lowest BCUT2D eigenvalue weighted by Gasteiger charge is -2.41. The Kier molecular flexibility index (Phi) is 5.58. The van der Waals surface area contributed by atoms with E-state index in [4.69, 9.17) is 41.9 Å². The molecule has 1 aliphatic heterocycles. The topological polar surface area (TPSA) is 53.7 Å². The van der Waals surface area contributed by atoms with Gasteiger partial charge in [0.15, 0.2) is 17.2 Å². The van der Waals surface area contributed by atoms with Crippen LogP contribution in [0, 0.1) is 11.8 Å². The van der Waals surface area contributed by atoms with Crippen molar-refractivity contribution in [1.29, 1.82) is 0 Å². The van der Waals surface area contributed by atoms with E-state index < -0.39 is 11.5 Å². The first-order valence-corrected chi connectivity index (χ1v) is 11.6. The summed E-state index contributed by atoms with van der Waals surface area (Å²) in [6, 6.07) is 5.20. The van der Waals surface area contributed by atoms with Crippen molar-refractivity contribution >= 4 is 23.2 Å². The first kappa shape index (κ1) is 21.7. The molecule has 2 heterocycles. The van der Waals surface area contributed by atoms with Gasteiger partial charge < -0.3 is 18.7 Å². The number of hydrogen-bond donors (Lipinski definition) is 0. The zero-order chi connectivity index (χ0) is 21.8. The third-order valence-electron chi connectivity index (χ3n) is 6.83. The van der Waals surface area contributed by atoms with E-state index in [2.05, 4.69) is 5.16 Å². The van der Waals surface area contributed by atoms with Gasteiger partial charge in [-0.25, -0.2) is 4.39 Å². The van der Waals surface area contributed by atoms with Gasteiger partial charge in [0.25, 0.3) is 0 Å². The summed E-state index contributed by atoms with van der Waals surface area (Å²) in [5.74, 6) is 0.377. The fourth-order valence-corrected chi connectivity index (χ4v) is 6.09. The van der Waals surface area contributed by atoms with Crippen LogP contribution in [-0.4, -0.2) is 30.3 Å². The highest BCUT2D eigenvalue weighted by atomic mass is 35.5. The molecule has 1 saturated heterocycles. The summed E-state index contributed by atoms with van der Waals surface area (Å²) in [4.78, 5) is 0. The first-order valence-electron chi connectivity index (χ1n) is 10.8. The van der Waals surface area contributed by atoms with Crippen LogP contribution in [0.15, 0.2) is 22.7 Å². The van der Waals surface area contributed by atoms with Gasteiger partial charge in [-0.3, -0.25) is 0 Å². The molecule has 2 aliphatic carbocycles. The molecule has 5 rings (SSSR count). The predicted octanol–water partition coefficient (Wildman–Crippen LogP) is 6.30. The van der Waals surface area contributed by atoms with Crippen molar-refractivity contribution < 1.29 is 23.1 Å². The van der Waals surface area contributed by atoms with Crippen LogP contribution in [-0.2, 0) is 26.5 Å². The Hall–Kier alpha value is -1.18. The molecule has 0 amide bonds. The highest BCUT2D eigenvalue weighted by Crippen LogP contribution is 2.54. The van der Waals surface area contributed by atoms with E-state index in [1.165, 1.54) is 13.8 Å². The van der Waals surface area contributed by atoms with Crippen molar-refractivity contribution in [3.63, 3.8) is 0 Å². The molecule has 168 valence electrons. The van der Waals surface area contributed by atoms with Gasteiger partial charge in [0.1, 0.15) is 5.69 Å². The minimum absolute atomic E-state index is 0.0379. The van der Waals surface area contributed by atoms with Crippen LogP contribution in [0.1, 0.15) is 50.9 Å². The number of ether oxygens (including phenoxy) is 3. The highest BCUT2D eigenvalue weighted by molar-refractivity contribution is 6.39. The Morgan fingerprint density at radius 2 is 1.74 bits per heavy atom. The number of halogens is 3. The molecule has 0 N–H and O–H groups in total. The Morgan fingerprint density at radius 3 is 2.32 bits per heavy atom. The van der Waals surface area contributed by atoms with Gasteiger partial charge in [0.05, 0.1) is 41.5 Å². The van der Waals surface area contributed by atoms with Gasteiger partial charge >= 0.3 is 0 Å². The second kappa shape index (κ2) is 7.99. The quantitative estimate of drug-likeness (QED) is 0.513. The van der Waals surface area contributed by atoms with Gasteiger partial charge in [0.2, 0.25) is 0 Å². The predicted molar refractivity (Wildman–Crippen MR) is 115 cm³/mol. The Bertz CT molecular complexity index is 931. The summed E-state index contributed by atoms with van der Waals surface area (Å²) in [7, 11) is 0. The van der Waals surface area contributed by atoms with Crippen molar-refractivity contribution in [1.82, 2.24) is 5.16 Å². The van der Waals surface area contributed by atoms with Crippen molar-refractivity contribution in [3.8, 4) is 11.3 Å². The van der Waals surface area contributed by atoms with E-state index >= 15 is 0 Å². The maximum Gasteiger partial charge on any atom is 0.179 e. The molecular weight excluding hydrogens is 444 g/mol. The average molecular weight is 470 g/mol. The lowest BCUT2D eigenvalue weighted by atomic mass is 9.81. The van der Waals surface area contributed by atoms with Gasteiger partial charge in [-0.15, -0.1) is 0 Å². The number of aromatic nitrogens is 1. The molecule has 3 atom stereocenters. The summed E-state index contributed by atoms with van der Waals surface area (Å²) in [5, 5.41) is 4.99. The summed E-state index contributed by atoms with van der Waals surface area (Å²) in [5.41, 5.74) is -0.226. The normalized spacial score (nSPS) is 27.3. The minimum Gasteiger partial charge on any atom is -0.373 e. The molecule has 3 fully saturated rings. The molecule has 2 saturated carbocycles. The van der Waals surface area contributed by atoms with Crippen molar-refractivity contribution in [3.05, 3.63) is 39.6 Å². The smallest absolute Gasteiger partial charge is 0.179 e. The molecular formula is C23H26Cl2FNO4. The Labute approximate surface area is 191 Å². The van der Waals surface area contributed by atoms with Crippen LogP contribution in [0.3, 0.4) is 0 Å². The molecule has 3 aliphatic rings. The van der Waals surface area contributed by atoms with Gasteiger partial charge in [-0.05, 0) is 51.7 Å². The van der Waals surface area contributed by atoms with Crippen LogP contribution in [0.25, 0.3) is 11.3 Å². The number of alkyl halides is 1. The third-order valence-corrected chi connectivity index (χ3v) is 7.46. The number of nitrogens with zero attached hydrogens (tertiary/aromatic N) is 1. The van der Waals surface area contributed by atoms with Crippen LogP contribution >= 0.6 is 23.2 Å². The lowest BCUT2D eigenvalue weighted by molar-refractivity contribution is -0.238. The summed E-state index contributed by atoms with van der Waals surface area (Å²) < 4.78 is 38.8. The monoisotopic (exact) mass is 469 g/mol. The molecule has 1 unspecified atom stereocenters. The van der Waals surface area contributed by atoms with E-state index in [1.807, 2.05) is 0 Å². The van der Waals surface area contributed by atoms with Crippen LogP contribution in [0.2, 0.25) is 10.0 Å². The van der Waals surface area contributed by atoms with E-state index in [-0.39, 0.29) is 18.5 Å². The molecule has 1 aromatic heterocycles. The van der Waals surface area contributed by atoms with E-state index in [9.17, 15) is 4.39 Å². The van der Waals surface area contributed by atoms with Gasteiger partial charge in [-0.1, -0.05) is 34.4 Å². The summed E-state index contributed by atoms with van der Waals surface area (Å²) in [6.45, 7) is 4.37. The van der Waals surface area contributed by atoms with Gasteiger partial charge in [0, 0.05) is 17.4 Å². The Balaban J connectivity index is 1.40. The lowest BCUT2D eigenvalue weighted by Crippen LogP contribution is -2.47. The maximum atomic E-state index is 14.9. The fraction of sp³-hybridized carbons (Fsp3) is 0.609. The van der Waals surface area contributed by atoms with Crippen molar-refractivity contribution in [2.45, 2.75) is 63.7 Å². The number of benzene rings is 1. The standard InChI is InChI=1S/C23H26Cl2FNO4/c1-22(2,26)21-16(20(27-31-21)19-17(24)4-3-5-18(19)25)12-28-15-10-13-6-7-14(11-15)23(13)29-8-9-30-23/h3-5,13-15H,6-12H2,1-2H3/t13-,14+,15?. The zero-order valence-corrected chi connectivity index (χ0v) is 19.1. The van der Waals surface area contributed by atoms with E-state index in [0.29, 0.717) is 51.9 Å². The van der Waals surface area contributed by atoms with Crippen molar-refractivity contribution in [2.24, 2.45) is 11.8 Å². The van der Waals surface area contributed by atoms with Crippen LogP contribution in [0.4, 0.5) is 4.39 Å². The Morgan fingerprint density at radius 1 is 1.13 bits per heavy atom. The van der Waals surface area contributed by atoms with E-state index in [0.717, 1.165) is 25.7 Å². The van der Waals surface area contributed by atoms with Crippen molar-refractivity contribution in [2.75, 3.05) is 13.2 Å². The van der Waals surface area contributed by atoms with Crippen LogP contribution in [0.5, 0.6) is 0 Å². The molecule has 2 bridgehead atoms. The second-order valence-electron chi connectivity index (χ2n) is 9.20. The van der Waals surface area contributed by atoms with Crippen LogP contribution < -0.4 is 0 Å². The fourth-order valence-electron chi connectivity index (χ4n) is 5.52. The van der Waals surface area contributed by atoms with Gasteiger partial charge in [-0.2, -0.15) is 0 Å². The molecule has 31 heavy (non-hydrogen) atoms. The number of hydrogen-bond acceptors (Lipinski definition) is 5. The summed E-state index contributed by atoms with van der Waals surface area (Å²) >= 11 is 12.8. The van der Waals surface area contributed by atoms with E-state index in [1.54, 1.807) is 18.2 Å². The average Bonchev–Trinajstić information content (AvgIpc) is 3.39. The zero-order valence-electron chi connectivity index (χ0n) is 17.6. The highest BCUT2D eigenvalue weighted by Gasteiger charge is 2.58. The molecule has 2 aromatic rings. The maximum absolute atomic E-state index is 14.9. The molecule has 8 heteroatoms. The third kappa shape index (κ3) is 3.70. The SMILES string of the molecule is CC(C)(F)c1onc(-c2c(Cl)cccc2Cl)c1COC1C[C@H]2CC[C@@H](C1)C21OCCO1. The molecule has 1 spiro atoms. The number of rotatable bonds is 5. The summed E-state index contributed by atoms with van der Waals surface area (Å²) in [6.07, 6.45) is 3.93. The largest absolute Gasteiger partial charge is 0.373 e. The minimum atomic E-state index is -1.72. The molecule has 0 radical (unpaired) electrons. The molecule has 1 aromatic carbocycles. The second-order valence-corrected chi connectivity index (χ2v) is 10.0. The molecule has 5 nitrogen and oxygen atoms in total.